The van der Waals surface area contributed by atoms with Crippen molar-refractivity contribution in [3.8, 4) is 11.8 Å². The summed E-state index contributed by atoms with van der Waals surface area (Å²) in [7, 11) is 0. The second kappa shape index (κ2) is 11.2. The van der Waals surface area contributed by atoms with Crippen LogP contribution >= 0.6 is 22.6 Å². The van der Waals surface area contributed by atoms with Crippen LogP contribution in [-0.2, 0) is 11.2 Å². The van der Waals surface area contributed by atoms with E-state index in [0.717, 1.165) is 32.4 Å². The predicted molar refractivity (Wildman–Crippen MR) is 142 cm³/mol. The number of benzene rings is 3. The van der Waals surface area contributed by atoms with Gasteiger partial charge in [-0.2, -0.15) is 5.26 Å². The molecule has 0 atom stereocenters. The van der Waals surface area contributed by atoms with E-state index in [4.69, 9.17) is 4.74 Å². The highest BCUT2D eigenvalue weighted by Gasteiger charge is 2.14. The minimum Gasteiger partial charge on any atom is -0.494 e. The van der Waals surface area contributed by atoms with E-state index in [1.165, 1.54) is 16.7 Å². The van der Waals surface area contributed by atoms with E-state index in [1.807, 2.05) is 56.3 Å². The number of ether oxygens (including phenoxy) is 1. The molecule has 0 unspecified atom stereocenters. The van der Waals surface area contributed by atoms with E-state index < -0.39 is 5.91 Å². The van der Waals surface area contributed by atoms with E-state index in [2.05, 4.69) is 60.0 Å². The van der Waals surface area contributed by atoms with Gasteiger partial charge in [0, 0.05) is 21.2 Å². The lowest BCUT2D eigenvalue weighted by Gasteiger charge is -2.15. The van der Waals surface area contributed by atoms with Crippen LogP contribution in [0, 0.1) is 35.7 Å². The van der Waals surface area contributed by atoms with E-state index >= 15 is 0 Å². The summed E-state index contributed by atoms with van der Waals surface area (Å²) < 4.78 is 6.98. The molecule has 5 heteroatoms. The van der Waals surface area contributed by atoms with Gasteiger partial charge < -0.3 is 10.1 Å². The summed E-state index contributed by atoms with van der Waals surface area (Å²) in [5, 5.41) is 12.4. The third kappa shape index (κ3) is 6.69. The zero-order valence-electron chi connectivity index (χ0n) is 19.3. The fourth-order valence-corrected chi connectivity index (χ4v) is 4.51. The average Bonchev–Trinajstić information content (AvgIpc) is 2.75. The molecule has 0 fully saturated rings. The lowest BCUT2D eigenvalue weighted by Crippen LogP contribution is -2.13. The fraction of sp³-hybridized carbons (Fsp3) is 0.214. The third-order valence-corrected chi connectivity index (χ3v) is 6.09. The van der Waals surface area contributed by atoms with Crippen molar-refractivity contribution < 1.29 is 9.53 Å². The number of nitriles is 1. The second-order valence-electron chi connectivity index (χ2n) is 8.08. The monoisotopic (exact) mass is 550 g/mol. The molecule has 0 aliphatic heterocycles. The SMILES string of the molecule is CCOc1cc(/C=C(\C#N)C(=O)Nc2ccc(C)cc2)cc(I)c1Cc1cc(C)cc(C)c1. The maximum absolute atomic E-state index is 12.7. The Morgan fingerprint density at radius 3 is 2.30 bits per heavy atom. The van der Waals surface area contributed by atoms with Crippen LogP contribution in [0.4, 0.5) is 5.69 Å². The van der Waals surface area contributed by atoms with Gasteiger partial charge in [0.1, 0.15) is 17.4 Å². The number of hydrogen-bond acceptors (Lipinski definition) is 3. The number of halogens is 1. The Morgan fingerprint density at radius 1 is 1.03 bits per heavy atom. The van der Waals surface area contributed by atoms with Crippen molar-refractivity contribution in [2.75, 3.05) is 11.9 Å². The number of carbonyl (C=O) groups is 1. The molecule has 0 aliphatic carbocycles. The number of anilines is 1. The number of hydrogen-bond donors (Lipinski definition) is 1. The van der Waals surface area contributed by atoms with E-state index in [9.17, 15) is 10.1 Å². The normalized spacial score (nSPS) is 11.1. The predicted octanol–water partition coefficient (Wildman–Crippen LogP) is 6.75. The smallest absolute Gasteiger partial charge is 0.266 e. The Kier molecular flexibility index (Phi) is 8.29. The summed E-state index contributed by atoms with van der Waals surface area (Å²) in [6.45, 7) is 8.66. The van der Waals surface area contributed by atoms with Crippen LogP contribution in [0.25, 0.3) is 6.08 Å². The van der Waals surface area contributed by atoms with E-state index in [0.29, 0.717) is 12.3 Å². The van der Waals surface area contributed by atoms with Gasteiger partial charge in [0.25, 0.3) is 5.91 Å². The van der Waals surface area contributed by atoms with Crippen LogP contribution in [0.2, 0.25) is 0 Å². The first kappa shape index (κ1) is 24.5. The second-order valence-corrected chi connectivity index (χ2v) is 9.24. The summed E-state index contributed by atoms with van der Waals surface area (Å²) in [6, 6.07) is 19.9. The Hall–Kier alpha value is -3.11. The number of amides is 1. The molecule has 3 aromatic carbocycles. The summed E-state index contributed by atoms with van der Waals surface area (Å²) in [6.07, 6.45) is 2.36. The Labute approximate surface area is 209 Å². The first-order valence-corrected chi connectivity index (χ1v) is 11.9. The highest BCUT2D eigenvalue weighted by Crippen LogP contribution is 2.30. The molecule has 0 saturated carbocycles. The van der Waals surface area contributed by atoms with Gasteiger partial charge in [-0.3, -0.25) is 4.79 Å². The first-order chi connectivity index (χ1) is 15.8. The average molecular weight is 550 g/mol. The van der Waals surface area contributed by atoms with Gasteiger partial charge >= 0.3 is 0 Å². The topological polar surface area (TPSA) is 62.1 Å². The third-order valence-electron chi connectivity index (χ3n) is 5.12. The number of nitrogens with zero attached hydrogens (tertiary/aromatic N) is 1. The zero-order valence-corrected chi connectivity index (χ0v) is 21.5. The summed E-state index contributed by atoms with van der Waals surface area (Å²) in [5.41, 5.74) is 7.33. The van der Waals surface area contributed by atoms with Crippen molar-refractivity contribution in [3.63, 3.8) is 0 Å². The molecule has 0 spiro atoms. The Morgan fingerprint density at radius 2 is 1.70 bits per heavy atom. The quantitative estimate of drug-likeness (QED) is 0.201. The molecule has 4 nitrogen and oxygen atoms in total. The molecule has 1 amide bonds. The largest absolute Gasteiger partial charge is 0.494 e. The molecule has 0 heterocycles. The van der Waals surface area contributed by atoms with E-state index in [-0.39, 0.29) is 5.57 Å². The van der Waals surface area contributed by atoms with Crippen LogP contribution < -0.4 is 10.1 Å². The number of rotatable bonds is 7. The molecule has 33 heavy (non-hydrogen) atoms. The van der Waals surface area contributed by atoms with Crippen molar-refractivity contribution in [1.82, 2.24) is 0 Å². The molecule has 0 aliphatic rings. The zero-order chi connectivity index (χ0) is 24.0. The first-order valence-electron chi connectivity index (χ1n) is 10.8. The molecular formula is C28H27IN2O2. The summed E-state index contributed by atoms with van der Waals surface area (Å²) >= 11 is 2.30. The number of aryl methyl sites for hydroxylation is 3. The number of nitrogens with one attached hydrogen (secondary N) is 1. The van der Waals surface area contributed by atoms with Gasteiger partial charge in [-0.05, 0) is 91.8 Å². The highest BCUT2D eigenvalue weighted by atomic mass is 127. The minimum absolute atomic E-state index is 0.0379. The molecule has 0 radical (unpaired) electrons. The van der Waals surface area contributed by atoms with Crippen LogP contribution in [0.1, 0.15) is 40.3 Å². The molecule has 0 aromatic heterocycles. The maximum atomic E-state index is 12.7. The van der Waals surface area contributed by atoms with Gasteiger partial charge in [-0.25, -0.2) is 0 Å². The maximum Gasteiger partial charge on any atom is 0.266 e. The standard InChI is InChI=1S/C28H27IN2O2/c1-5-33-27-16-22(13-23(17-30)28(32)31-24-8-6-18(2)7-9-24)15-26(29)25(27)14-21-11-19(3)10-20(4)12-21/h6-13,15-16H,5,14H2,1-4H3,(H,31,32)/b23-13+. The van der Waals surface area contributed by atoms with Crippen LogP contribution in [0.3, 0.4) is 0 Å². The van der Waals surface area contributed by atoms with Gasteiger partial charge in [-0.15, -0.1) is 0 Å². The Bertz CT molecular complexity index is 1220. The summed E-state index contributed by atoms with van der Waals surface area (Å²) in [4.78, 5) is 12.7. The lowest BCUT2D eigenvalue weighted by molar-refractivity contribution is -0.112. The van der Waals surface area contributed by atoms with Gasteiger partial charge in [0.15, 0.2) is 0 Å². The van der Waals surface area contributed by atoms with Crippen molar-refractivity contribution in [1.29, 1.82) is 5.26 Å². The van der Waals surface area contributed by atoms with Crippen LogP contribution in [0.15, 0.2) is 60.2 Å². The van der Waals surface area contributed by atoms with Gasteiger partial charge in [-0.1, -0.05) is 47.0 Å². The van der Waals surface area contributed by atoms with Gasteiger partial charge in [0.05, 0.1) is 6.61 Å². The molecule has 0 bridgehead atoms. The van der Waals surface area contributed by atoms with Crippen molar-refractivity contribution in [2.45, 2.75) is 34.1 Å². The lowest BCUT2D eigenvalue weighted by atomic mass is 9.98. The number of carbonyl (C=O) groups excluding carboxylic acids is 1. The molecule has 3 rings (SSSR count). The molecule has 168 valence electrons. The van der Waals surface area contributed by atoms with E-state index in [1.54, 1.807) is 6.08 Å². The highest BCUT2D eigenvalue weighted by molar-refractivity contribution is 14.1. The van der Waals surface area contributed by atoms with Crippen molar-refractivity contribution >= 4 is 40.3 Å². The molecular weight excluding hydrogens is 523 g/mol. The fourth-order valence-electron chi connectivity index (χ4n) is 3.70. The van der Waals surface area contributed by atoms with Crippen molar-refractivity contribution in [3.05, 3.63) is 97.1 Å². The van der Waals surface area contributed by atoms with Gasteiger partial charge in [0.2, 0.25) is 0 Å². The minimum atomic E-state index is -0.436. The van der Waals surface area contributed by atoms with Crippen molar-refractivity contribution in [2.24, 2.45) is 0 Å². The summed E-state index contributed by atoms with van der Waals surface area (Å²) in [5.74, 6) is 0.333. The molecule has 1 N–H and O–H groups in total. The van der Waals surface area contributed by atoms with Crippen LogP contribution in [0.5, 0.6) is 5.75 Å². The van der Waals surface area contributed by atoms with Crippen LogP contribution in [-0.4, -0.2) is 12.5 Å². The molecule has 0 saturated heterocycles. The molecule has 3 aromatic rings. The Balaban J connectivity index is 1.92.